The maximum atomic E-state index is 13.0. The van der Waals surface area contributed by atoms with E-state index in [1.807, 2.05) is 6.92 Å². The zero-order valence-electron chi connectivity index (χ0n) is 19.7. The van der Waals surface area contributed by atoms with E-state index in [0.717, 1.165) is 37.4 Å². The Balaban J connectivity index is 1.45. The monoisotopic (exact) mass is 512 g/mol. The van der Waals surface area contributed by atoms with Crippen LogP contribution < -0.4 is 4.72 Å². The predicted molar refractivity (Wildman–Crippen MR) is 138 cm³/mol. The van der Waals surface area contributed by atoms with Crippen LogP contribution in [0.4, 0.5) is 10.5 Å². The molecule has 2 fully saturated rings. The number of imide groups is 1. The molecule has 4 rings (SSSR count). The Kier molecular flexibility index (Phi) is 7.47. The SMILES string of the molecule is CC(=O)c1ccc(S(=O)(=O)Nc2ccc(C=C3SC(=O)N(C(C)C4CCCCC4)C3=O)cc2)cc1. The van der Waals surface area contributed by atoms with Crippen molar-refractivity contribution >= 4 is 50.5 Å². The molecule has 1 aliphatic carbocycles. The highest BCUT2D eigenvalue weighted by Gasteiger charge is 2.40. The third-order valence-corrected chi connectivity index (χ3v) is 8.88. The van der Waals surface area contributed by atoms with Gasteiger partial charge in [0.15, 0.2) is 5.78 Å². The smallest absolute Gasteiger partial charge is 0.293 e. The Labute approximate surface area is 210 Å². The Hall–Kier alpha value is -2.91. The minimum absolute atomic E-state index is 0.0485. The highest BCUT2D eigenvalue weighted by Crippen LogP contribution is 2.38. The number of thioether (sulfide) groups is 1. The lowest BCUT2D eigenvalue weighted by Crippen LogP contribution is -2.42. The molecular formula is C26H28N2O5S2. The van der Waals surface area contributed by atoms with Crippen LogP contribution in [0.1, 0.15) is 61.9 Å². The Bertz CT molecular complexity index is 1260. The lowest BCUT2D eigenvalue weighted by Gasteiger charge is -2.32. The Morgan fingerprint density at radius 1 is 1.03 bits per heavy atom. The Morgan fingerprint density at radius 3 is 2.26 bits per heavy atom. The molecule has 1 saturated carbocycles. The Morgan fingerprint density at radius 2 is 1.66 bits per heavy atom. The molecule has 9 heteroatoms. The van der Waals surface area contributed by atoms with Crippen LogP contribution in [0, 0.1) is 5.92 Å². The number of benzene rings is 2. The topological polar surface area (TPSA) is 101 Å². The van der Waals surface area contributed by atoms with Gasteiger partial charge < -0.3 is 0 Å². The summed E-state index contributed by atoms with van der Waals surface area (Å²) in [6, 6.07) is 12.2. The quantitative estimate of drug-likeness (QED) is 0.378. The molecule has 2 amide bonds. The van der Waals surface area contributed by atoms with E-state index >= 15 is 0 Å². The van der Waals surface area contributed by atoms with Crippen LogP contribution in [0.25, 0.3) is 6.08 Å². The summed E-state index contributed by atoms with van der Waals surface area (Å²) < 4.78 is 27.8. The van der Waals surface area contributed by atoms with Gasteiger partial charge in [-0.1, -0.05) is 43.5 Å². The van der Waals surface area contributed by atoms with E-state index in [-0.39, 0.29) is 27.9 Å². The van der Waals surface area contributed by atoms with E-state index in [2.05, 4.69) is 4.72 Å². The van der Waals surface area contributed by atoms with Gasteiger partial charge in [0.1, 0.15) is 0 Å². The molecule has 35 heavy (non-hydrogen) atoms. The van der Waals surface area contributed by atoms with Gasteiger partial charge in [0, 0.05) is 17.3 Å². The number of carbonyl (C=O) groups is 3. The number of hydrogen-bond donors (Lipinski definition) is 1. The van der Waals surface area contributed by atoms with Gasteiger partial charge in [-0.15, -0.1) is 0 Å². The zero-order chi connectivity index (χ0) is 25.2. The summed E-state index contributed by atoms with van der Waals surface area (Å²) in [7, 11) is -3.82. The van der Waals surface area contributed by atoms with Crippen molar-refractivity contribution in [2.24, 2.45) is 5.92 Å². The van der Waals surface area contributed by atoms with Gasteiger partial charge in [-0.05, 0) is 80.3 Å². The second-order valence-electron chi connectivity index (χ2n) is 9.00. The highest BCUT2D eigenvalue weighted by atomic mass is 32.2. The van der Waals surface area contributed by atoms with Crippen molar-refractivity contribution in [3.05, 3.63) is 64.6 Å². The van der Waals surface area contributed by atoms with E-state index in [9.17, 15) is 22.8 Å². The second-order valence-corrected chi connectivity index (χ2v) is 11.7. The predicted octanol–water partition coefficient (Wildman–Crippen LogP) is 5.70. The van der Waals surface area contributed by atoms with Crippen LogP contribution in [0.5, 0.6) is 0 Å². The summed E-state index contributed by atoms with van der Waals surface area (Å²) in [5, 5.41) is -0.237. The zero-order valence-corrected chi connectivity index (χ0v) is 21.3. The summed E-state index contributed by atoms with van der Waals surface area (Å²) in [5.74, 6) is -0.0572. The fraction of sp³-hybridized carbons (Fsp3) is 0.346. The molecule has 2 aromatic rings. The van der Waals surface area contributed by atoms with Crippen molar-refractivity contribution in [3.63, 3.8) is 0 Å². The molecule has 7 nitrogen and oxygen atoms in total. The van der Waals surface area contributed by atoms with Gasteiger partial charge in [0.2, 0.25) is 0 Å². The first kappa shape index (κ1) is 25.2. The number of nitrogens with zero attached hydrogens (tertiary/aromatic N) is 1. The first-order valence-corrected chi connectivity index (χ1v) is 14.0. The van der Waals surface area contributed by atoms with Crippen molar-refractivity contribution < 1.29 is 22.8 Å². The third kappa shape index (κ3) is 5.67. The van der Waals surface area contributed by atoms with Crippen molar-refractivity contribution in [3.8, 4) is 0 Å². The van der Waals surface area contributed by atoms with E-state index < -0.39 is 10.0 Å². The van der Waals surface area contributed by atoms with Gasteiger partial charge in [0.25, 0.3) is 21.2 Å². The average Bonchev–Trinajstić information content (AvgIpc) is 3.12. The number of nitrogens with one attached hydrogen (secondary N) is 1. The van der Waals surface area contributed by atoms with Crippen LogP contribution in [0.3, 0.4) is 0 Å². The van der Waals surface area contributed by atoms with Crippen LogP contribution in [-0.2, 0) is 14.8 Å². The summed E-state index contributed by atoms with van der Waals surface area (Å²) in [6.07, 6.45) is 7.24. The molecule has 1 aliphatic heterocycles. The molecule has 2 aromatic carbocycles. The van der Waals surface area contributed by atoms with E-state index in [1.165, 1.54) is 42.5 Å². The number of amides is 2. The van der Waals surface area contributed by atoms with Gasteiger partial charge in [-0.2, -0.15) is 0 Å². The molecule has 0 spiro atoms. The summed E-state index contributed by atoms with van der Waals surface area (Å²) >= 11 is 0.947. The minimum atomic E-state index is -3.82. The average molecular weight is 513 g/mol. The summed E-state index contributed by atoms with van der Waals surface area (Å²) in [6.45, 7) is 3.38. The van der Waals surface area contributed by atoms with Crippen molar-refractivity contribution in [2.75, 3.05) is 4.72 Å². The standard InChI is InChI=1S/C26H28N2O5S2/c1-17(20-6-4-3-5-7-20)28-25(30)24(34-26(28)31)16-19-8-12-22(13-9-19)27-35(32,33)23-14-10-21(11-15-23)18(2)29/h8-17,20,27H,3-7H2,1-2H3. The summed E-state index contributed by atoms with van der Waals surface area (Å²) in [4.78, 5) is 38.8. The van der Waals surface area contributed by atoms with Crippen LogP contribution in [-0.4, -0.2) is 36.3 Å². The van der Waals surface area contributed by atoms with E-state index in [0.29, 0.717) is 27.6 Å². The summed E-state index contributed by atoms with van der Waals surface area (Å²) in [5.41, 5.74) is 1.48. The first-order valence-electron chi connectivity index (χ1n) is 11.7. The van der Waals surface area contributed by atoms with Gasteiger partial charge in [-0.3, -0.25) is 24.0 Å². The number of rotatable bonds is 7. The molecule has 1 atom stereocenters. The molecule has 0 radical (unpaired) electrons. The molecular weight excluding hydrogens is 484 g/mol. The number of ketones is 1. The lowest BCUT2D eigenvalue weighted by atomic mass is 9.84. The molecule has 1 saturated heterocycles. The fourth-order valence-electron chi connectivity index (χ4n) is 4.54. The van der Waals surface area contributed by atoms with Crippen molar-refractivity contribution in [1.29, 1.82) is 0 Å². The van der Waals surface area contributed by atoms with Gasteiger partial charge in [0.05, 0.1) is 9.80 Å². The minimum Gasteiger partial charge on any atom is -0.295 e. The van der Waals surface area contributed by atoms with Crippen LogP contribution in [0.2, 0.25) is 0 Å². The largest absolute Gasteiger partial charge is 0.295 e. The first-order chi connectivity index (χ1) is 16.7. The van der Waals surface area contributed by atoms with Crippen LogP contribution in [0.15, 0.2) is 58.3 Å². The number of anilines is 1. The van der Waals surface area contributed by atoms with E-state index in [1.54, 1.807) is 30.3 Å². The maximum absolute atomic E-state index is 13.0. The molecule has 1 N–H and O–H groups in total. The molecule has 0 aromatic heterocycles. The number of carbonyl (C=O) groups excluding carboxylic acids is 3. The number of hydrogen-bond acceptors (Lipinski definition) is 6. The van der Waals surface area contributed by atoms with Crippen molar-refractivity contribution in [1.82, 2.24) is 4.90 Å². The maximum Gasteiger partial charge on any atom is 0.293 e. The second kappa shape index (κ2) is 10.4. The molecule has 184 valence electrons. The number of sulfonamides is 1. The lowest BCUT2D eigenvalue weighted by molar-refractivity contribution is -0.125. The van der Waals surface area contributed by atoms with Gasteiger partial charge in [-0.25, -0.2) is 8.42 Å². The molecule has 1 heterocycles. The number of Topliss-reactive ketones (excluding diaryl/α,β-unsaturated/α-hetero) is 1. The third-order valence-electron chi connectivity index (χ3n) is 6.59. The fourth-order valence-corrected chi connectivity index (χ4v) is 6.51. The van der Waals surface area contributed by atoms with Crippen LogP contribution >= 0.6 is 11.8 Å². The molecule has 2 aliphatic rings. The molecule has 0 bridgehead atoms. The highest BCUT2D eigenvalue weighted by molar-refractivity contribution is 8.18. The normalized spacial score (nSPS) is 19.3. The van der Waals surface area contributed by atoms with E-state index in [4.69, 9.17) is 0 Å². The van der Waals surface area contributed by atoms with Crippen molar-refractivity contribution in [2.45, 2.75) is 56.9 Å². The molecule has 1 unspecified atom stereocenters. The van der Waals surface area contributed by atoms with Gasteiger partial charge >= 0.3 is 0 Å².